The number of aromatic nitrogens is 2. The highest BCUT2D eigenvalue weighted by Gasteiger charge is 2.36. The van der Waals surface area contributed by atoms with E-state index in [1.165, 1.54) is 24.3 Å². The first-order chi connectivity index (χ1) is 23.4. The Morgan fingerprint density at radius 2 is 1.71 bits per heavy atom. The number of guanidine groups is 1. The quantitative estimate of drug-likeness (QED) is 0.0527. The highest BCUT2D eigenvalue weighted by Crippen LogP contribution is 2.24. The molecule has 4 amide bonds. The molecule has 49 heavy (non-hydrogen) atoms. The number of aliphatic imine (C=N–C) groups is 1. The fourth-order valence-electron chi connectivity index (χ4n) is 5.84. The number of rotatable bonds is 16. The number of hydrogen-bond donors (Lipinski definition) is 6. The van der Waals surface area contributed by atoms with Crippen molar-refractivity contribution in [1.82, 2.24) is 25.5 Å². The number of Topliss-reactive ketones (excluding diaryl/α,β-unsaturated/α-hetero) is 1. The Kier molecular flexibility index (Phi) is 13.3. The molecule has 2 heterocycles. The summed E-state index contributed by atoms with van der Waals surface area (Å²) < 4.78 is 1.00. The van der Waals surface area contributed by atoms with E-state index >= 15 is 0 Å². The third kappa shape index (κ3) is 10.9. The number of nitrogens with two attached hydrogens (primary N) is 3. The molecule has 1 aliphatic heterocycles. The van der Waals surface area contributed by atoms with Gasteiger partial charge in [-0.15, -0.1) is 0 Å². The number of primary amides is 1. The number of fused-ring (bicyclic) bond motifs is 1. The topological polar surface area (TPSA) is 232 Å². The third-order valence-corrected chi connectivity index (χ3v) is 9.20. The normalized spacial score (nSPS) is 15.6. The fourth-order valence-corrected chi connectivity index (χ4v) is 6.20. The van der Waals surface area contributed by atoms with Crippen molar-refractivity contribution in [3.8, 4) is 0 Å². The lowest BCUT2D eigenvalue weighted by Gasteiger charge is -2.36. The van der Waals surface area contributed by atoms with Crippen LogP contribution in [-0.2, 0) is 49.8 Å². The molecular weight excluding hydrogens is 741 g/mol. The minimum Gasteiger partial charge on any atom is -0.370 e. The van der Waals surface area contributed by atoms with Crippen molar-refractivity contribution in [1.29, 1.82) is 0 Å². The van der Waals surface area contributed by atoms with Crippen molar-refractivity contribution in [2.45, 2.75) is 70.1 Å². The number of benzene rings is 2. The zero-order chi connectivity index (χ0) is 35.5. The smallest absolute Gasteiger partial charge is 0.243 e. The molecule has 4 rings (SSSR count). The molecule has 9 N–H and O–H groups in total. The second kappa shape index (κ2) is 17.6. The van der Waals surface area contributed by atoms with Crippen LogP contribution in [0, 0.1) is 9.49 Å². The number of halogens is 1. The number of imidazole rings is 1. The largest absolute Gasteiger partial charge is 0.370 e. The number of carbonyl (C=O) groups is 5. The predicted molar refractivity (Wildman–Crippen MR) is 191 cm³/mol. The van der Waals surface area contributed by atoms with Gasteiger partial charge >= 0.3 is 0 Å². The zero-order valence-corrected chi connectivity index (χ0v) is 29.4. The third-order valence-electron chi connectivity index (χ3n) is 8.48. The van der Waals surface area contributed by atoms with E-state index in [1.54, 1.807) is 0 Å². The van der Waals surface area contributed by atoms with Crippen LogP contribution in [0.15, 0.2) is 66.0 Å². The van der Waals surface area contributed by atoms with E-state index in [2.05, 4.69) is 48.2 Å². The lowest BCUT2D eigenvalue weighted by Crippen LogP contribution is -2.55. The monoisotopic (exact) mass is 783 g/mol. The summed E-state index contributed by atoms with van der Waals surface area (Å²) >= 11 is 2.18. The van der Waals surface area contributed by atoms with E-state index in [4.69, 9.17) is 17.2 Å². The second-order valence-electron chi connectivity index (χ2n) is 12.1. The summed E-state index contributed by atoms with van der Waals surface area (Å²) in [7, 11) is 0. The Morgan fingerprint density at radius 3 is 2.35 bits per heavy atom. The highest BCUT2D eigenvalue weighted by atomic mass is 127. The first kappa shape index (κ1) is 37.0. The Bertz CT molecular complexity index is 1660. The average molecular weight is 784 g/mol. The number of hydrogen-bond acceptors (Lipinski definition) is 7. The molecule has 0 radical (unpaired) electrons. The van der Waals surface area contributed by atoms with Crippen LogP contribution in [0.5, 0.6) is 0 Å². The van der Waals surface area contributed by atoms with Crippen LogP contribution in [0.4, 0.5) is 0 Å². The first-order valence-electron chi connectivity index (χ1n) is 15.9. The van der Waals surface area contributed by atoms with Crippen molar-refractivity contribution >= 4 is 58.0 Å². The maximum atomic E-state index is 14.1. The van der Waals surface area contributed by atoms with Gasteiger partial charge < -0.3 is 37.7 Å². The Morgan fingerprint density at radius 1 is 1.00 bits per heavy atom. The lowest BCUT2D eigenvalue weighted by molar-refractivity contribution is -0.141. The fraction of sp³-hybridized carbons (Fsp3) is 0.382. The van der Waals surface area contributed by atoms with Crippen LogP contribution in [0.25, 0.3) is 0 Å². The van der Waals surface area contributed by atoms with Gasteiger partial charge in [0.1, 0.15) is 12.1 Å². The zero-order valence-electron chi connectivity index (χ0n) is 27.2. The van der Waals surface area contributed by atoms with Crippen LogP contribution < -0.4 is 27.8 Å². The molecule has 1 aromatic heterocycles. The summed E-state index contributed by atoms with van der Waals surface area (Å²) in [5.41, 5.74) is 19.9. The van der Waals surface area contributed by atoms with E-state index in [9.17, 15) is 24.0 Å². The van der Waals surface area contributed by atoms with E-state index in [-0.39, 0.29) is 56.4 Å². The summed E-state index contributed by atoms with van der Waals surface area (Å²) in [5.74, 6) is -3.40. The van der Waals surface area contributed by atoms with Gasteiger partial charge in [-0.25, -0.2) is 4.98 Å². The molecule has 0 spiro atoms. The molecule has 260 valence electrons. The second-order valence-corrected chi connectivity index (χ2v) is 13.3. The molecule has 15 heteroatoms. The van der Waals surface area contributed by atoms with Gasteiger partial charge in [-0.3, -0.25) is 29.0 Å². The number of aromatic amines is 1. The molecule has 0 fully saturated rings. The Balaban J connectivity index is 1.57. The minimum atomic E-state index is -1.06. The lowest BCUT2D eigenvalue weighted by atomic mass is 9.89. The van der Waals surface area contributed by atoms with Gasteiger partial charge in [0.2, 0.25) is 23.6 Å². The first-order valence-corrected chi connectivity index (χ1v) is 17.0. The minimum absolute atomic E-state index is 0.0817. The van der Waals surface area contributed by atoms with Gasteiger partial charge in [0.05, 0.1) is 12.4 Å². The van der Waals surface area contributed by atoms with Gasteiger partial charge in [0, 0.05) is 60.7 Å². The van der Waals surface area contributed by atoms with Crippen LogP contribution in [0.1, 0.15) is 48.6 Å². The van der Waals surface area contributed by atoms with Gasteiger partial charge in [-0.05, 0) is 70.7 Å². The maximum absolute atomic E-state index is 14.1. The van der Waals surface area contributed by atoms with Gasteiger partial charge in [-0.2, -0.15) is 0 Å². The predicted octanol–water partition coefficient (Wildman–Crippen LogP) is 0.857. The molecule has 1 aliphatic rings. The molecule has 2 aromatic carbocycles. The number of H-pyrrole nitrogens is 1. The molecule has 0 bridgehead atoms. The number of nitrogens with one attached hydrogen (secondary N) is 3. The maximum Gasteiger partial charge on any atom is 0.243 e. The number of ketones is 1. The summed E-state index contributed by atoms with van der Waals surface area (Å²) in [5, 5.41) is 5.62. The highest BCUT2D eigenvalue weighted by molar-refractivity contribution is 14.1. The van der Waals surface area contributed by atoms with Crippen molar-refractivity contribution in [3.63, 3.8) is 0 Å². The van der Waals surface area contributed by atoms with Gasteiger partial charge in [0.25, 0.3) is 0 Å². The summed E-state index contributed by atoms with van der Waals surface area (Å²) in [6.45, 7) is 1.91. The SMILES string of the molecule is CC(=O)N1Cc2ccccc2C[C@@H]1C(=O)N[C@@H](Cc1ccc(I)cc1)C(=O)C[C@H](CCCN=C(N)N)C(=O)N[C@H](Cc1cnc[nH]1)C(N)=O. The molecular formula is C34H42IN9O5. The van der Waals surface area contributed by atoms with Crippen molar-refractivity contribution in [2.75, 3.05) is 6.54 Å². The molecule has 3 aromatic rings. The molecule has 0 saturated carbocycles. The summed E-state index contributed by atoms with van der Waals surface area (Å²) in [4.78, 5) is 79.0. The van der Waals surface area contributed by atoms with E-state index in [0.717, 1.165) is 20.3 Å². The number of nitrogens with zero attached hydrogens (tertiary/aromatic N) is 3. The summed E-state index contributed by atoms with van der Waals surface area (Å²) in [6, 6.07) is 12.3. The van der Waals surface area contributed by atoms with Gasteiger partial charge in [-0.1, -0.05) is 36.4 Å². The molecule has 4 atom stereocenters. The molecule has 0 aliphatic carbocycles. The van der Waals surface area contributed by atoms with E-state index in [0.29, 0.717) is 18.5 Å². The van der Waals surface area contributed by atoms with E-state index < -0.39 is 41.8 Å². The van der Waals surface area contributed by atoms with Crippen LogP contribution >= 0.6 is 22.6 Å². The molecule has 14 nitrogen and oxygen atoms in total. The van der Waals surface area contributed by atoms with Crippen molar-refractivity contribution in [2.24, 2.45) is 28.1 Å². The van der Waals surface area contributed by atoms with Crippen LogP contribution in [0.2, 0.25) is 0 Å². The Labute approximate surface area is 298 Å². The standard InChI is InChI=1S/C34H42IN9O5/c1-20(45)44-18-24-6-3-2-5-22(24)14-29(44)33(49)42-27(13-21-8-10-25(35)11-9-21)30(46)15-23(7-4-12-40-34(37)38)32(48)43-28(31(36)47)16-26-17-39-19-41-26/h2-3,5-6,8-11,17,19,23,27-29H,4,7,12-16,18H2,1H3,(H2,36,47)(H,39,41)(H,42,49)(H,43,48)(H4,37,38,40)/t23-,27-,28+,29+/m0/s1. The van der Waals surface area contributed by atoms with Gasteiger partial charge in [0.15, 0.2) is 11.7 Å². The van der Waals surface area contributed by atoms with Crippen LogP contribution in [0.3, 0.4) is 0 Å². The Hall–Kier alpha value is -4.80. The number of carbonyl (C=O) groups excluding carboxylic acids is 5. The van der Waals surface area contributed by atoms with Crippen molar-refractivity contribution < 1.29 is 24.0 Å². The summed E-state index contributed by atoms with van der Waals surface area (Å²) in [6.07, 6.45) is 3.85. The van der Waals surface area contributed by atoms with Crippen LogP contribution in [-0.4, -0.2) is 74.9 Å². The van der Waals surface area contributed by atoms with Crippen molar-refractivity contribution in [3.05, 3.63) is 87.0 Å². The molecule has 0 unspecified atom stereocenters. The van der Waals surface area contributed by atoms with E-state index in [1.807, 2.05) is 48.5 Å². The molecule has 0 saturated heterocycles. The number of amides is 4. The average Bonchev–Trinajstić information content (AvgIpc) is 3.58.